The molecule has 1 aromatic rings. The Balaban J connectivity index is 2.00. The lowest BCUT2D eigenvalue weighted by Gasteiger charge is -2.33. The summed E-state index contributed by atoms with van der Waals surface area (Å²) in [6.07, 6.45) is 3.30. The van der Waals surface area contributed by atoms with Gasteiger partial charge < -0.3 is 10.2 Å². The molecule has 1 aromatic carbocycles. The van der Waals surface area contributed by atoms with E-state index in [0.717, 1.165) is 43.6 Å². The average Bonchev–Trinajstić information content (AvgIpc) is 2.41. The molecule has 4 heteroatoms. The van der Waals surface area contributed by atoms with Crippen LogP contribution in [0.25, 0.3) is 0 Å². The first kappa shape index (κ1) is 15.0. The van der Waals surface area contributed by atoms with Gasteiger partial charge in [0.05, 0.1) is 6.42 Å². The highest BCUT2D eigenvalue weighted by molar-refractivity contribution is 5.70. The Hall–Kier alpha value is -1.39. The summed E-state index contributed by atoms with van der Waals surface area (Å²) >= 11 is 0. The molecule has 0 radical (unpaired) electrons. The Morgan fingerprint density at radius 1 is 1.30 bits per heavy atom. The van der Waals surface area contributed by atoms with Crippen molar-refractivity contribution < 1.29 is 15.0 Å². The molecule has 1 atom stereocenters. The predicted octanol–water partition coefficient (Wildman–Crippen LogP) is 1.91. The van der Waals surface area contributed by atoms with E-state index in [1.54, 1.807) is 0 Å². The van der Waals surface area contributed by atoms with Crippen LogP contribution in [0.15, 0.2) is 24.3 Å². The maximum atomic E-state index is 10.9. The lowest BCUT2D eigenvalue weighted by atomic mass is 9.94. The molecule has 0 saturated carbocycles. The standard InChI is InChI=1S/C16H23NO3/c18-9-7-13-4-3-8-17(11-13)12-15-6-2-1-5-14(15)10-16(19)20/h1-2,5-6,13,18H,3-4,7-12H2,(H,19,20). The Bertz CT molecular complexity index is 445. The molecule has 1 fully saturated rings. The molecule has 2 rings (SSSR count). The molecule has 1 unspecified atom stereocenters. The van der Waals surface area contributed by atoms with Gasteiger partial charge in [0.15, 0.2) is 0 Å². The second-order valence-corrected chi connectivity index (χ2v) is 5.59. The Morgan fingerprint density at radius 2 is 2.05 bits per heavy atom. The van der Waals surface area contributed by atoms with Gasteiger partial charge in [0, 0.05) is 19.7 Å². The molecule has 0 bridgehead atoms. The predicted molar refractivity (Wildman–Crippen MR) is 77.5 cm³/mol. The lowest BCUT2D eigenvalue weighted by Crippen LogP contribution is -2.35. The van der Waals surface area contributed by atoms with Gasteiger partial charge in [0.25, 0.3) is 0 Å². The highest BCUT2D eigenvalue weighted by atomic mass is 16.4. The third-order valence-electron chi connectivity index (χ3n) is 3.99. The Morgan fingerprint density at radius 3 is 2.75 bits per heavy atom. The van der Waals surface area contributed by atoms with Crippen molar-refractivity contribution in [2.45, 2.75) is 32.2 Å². The average molecular weight is 277 g/mol. The van der Waals surface area contributed by atoms with Crippen molar-refractivity contribution in [2.75, 3.05) is 19.7 Å². The fourth-order valence-electron chi connectivity index (χ4n) is 3.00. The number of carboxylic acid groups (broad SMARTS) is 1. The van der Waals surface area contributed by atoms with E-state index in [2.05, 4.69) is 4.90 Å². The van der Waals surface area contributed by atoms with E-state index in [1.807, 2.05) is 24.3 Å². The third-order valence-corrected chi connectivity index (χ3v) is 3.99. The van der Waals surface area contributed by atoms with E-state index in [4.69, 9.17) is 10.2 Å². The molecule has 0 aromatic heterocycles. The van der Waals surface area contributed by atoms with Crippen LogP contribution >= 0.6 is 0 Å². The molecule has 110 valence electrons. The SMILES string of the molecule is O=C(O)Cc1ccccc1CN1CCCC(CCO)C1. The van der Waals surface area contributed by atoms with Gasteiger partial charge in [-0.3, -0.25) is 9.69 Å². The number of benzene rings is 1. The Kier molecular flexibility index (Phi) is 5.56. The van der Waals surface area contributed by atoms with Gasteiger partial charge in [0.1, 0.15) is 0 Å². The van der Waals surface area contributed by atoms with Crippen LogP contribution in [-0.4, -0.2) is 40.8 Å². The summed E-state index contributed by atoms with van der Waals surface area (Å²) in [6.45, 7) is 3.13. The van der Waals surface area contributed by atoms with Crippen molar-refractivity contribution in [3.8, 4) is 0 Å². The van der Waals surface area contributed by atoms with E-state index < -0.39 is 5.97 Å². The molecular formula is C16H23NO3. The van der Waals surface area contributed by atoms with E-state index >= 15 is 0 Å². The van der Waals surface area contributed by atoms with E-state index in [1.165, 1.54) is 6.42 Å². The zero-order valence-corrected chi connectivity index (χ0v) is 11.8. The van der Waals surface area contributed by atoms with Crippen molar-refractivity contribution in [3.05, 3.63) is 35.4 Å². The smallest absolute Gasteiger partial charge is 0.307 e. The van der Waals surface area contributed by atoms with E-state index in [9.17, 15) is 4.79 Å². The molecule has 2 N–H and O–H groups in total. The summed E-state index contributed by atoms with van der Waals surface area (Å²) in [5, 5.41) is 18.0. The normalized spacial score (nSPS) is 19.9. The first-order chi connectivity index (χ1) is 9.69. The van der Waals surface area contributed by atoms with Crippen molar-refractivity contribution in [3.63, 3.8) is 0 Å². The van der Waals surface area contributed by atoms with Gasteiger partial charge in [0.2, 0.25) is 0 Å². The zero-order chi connectivity index (χ0) is 14.4. The maximum Gasteiger partial charge on any atom is 0.307 e. The lowest BCUT2D eigenvalue weighted by molar-refractivity contribution is -0.136. The highest BCUT2D eigenvalue weighted by Crippen LogP contribution is 2.22. The fraction of sp³-hybridized carbons (Fsp3) is 0.562. The molecule has 20 heavy (non-hydrogen) atoms. The van der Waals surface area contributed by atoms with Crippen molar-refractivity contribution in [1.29, 1.82) is 0 Å². The van der Waals surface area contributed by atoms with Crippen molar-refractivity contribution in [2.24, 2.45) is 5.92 Å². The molecule has 0 amide bonds. The van der Waals surface area contributed by atoms with Crippen LogP contribution in [0.2, 0.25) is 0 Å². The second-order valence-electron chi connectivity index (χ2n) is 5.59. The van der Waals surface area contributed by atoms with Crippen LogP contribution in [0.5, 0.6) is 0 Å². The van der Waals surface area contributed by atoms with Crippen LogP contribution in [0, 0.1) is 5.92 Å². The number of aliphatic hydroxyl groups excluding tert-OH is 1. The van der Waals surface area contributed by atoms with Gasteiger partial charge in [-0.25, -0.2) is 0 Å². The highest BCUT2D eigenvalue weighted by Gasteiger charge is 2.20. The topological polar surface area (TPSA) is 60.8 Å². The zero-order valence-electron chi connectivity index (χ0n) is 11.8. The quantitative estimate of drug-likeness (QED) is 0.834. The maximum absolute atomic E-state index is 10.9. The molecule has 1 heterocycles. The first-order valence-corrected chi connectivity index (χ1v) is 7.31. The van der Waals surface area contributed by atoms with Crippen LogP contribution in [0.4, 0.5) is 0 Å². The molecule has 1 aliphatic rings. The summed E-state index contributed by atoms with van der Waals surface area (Å²) in [5.41, 5.74) is 2.02. The summed E-state index contributed by atoms with van der Waals surface area (Å²) < 4.78 is 0. The van der Waals surface area contributed by atoms with Crippen molar-refractivity contribution >= 4 is 5.97 Å². The summed E-state index contributed by atoms with van der Waals surface area (Å²) in [5.74, 6) is -0.213. The molecular weight excluding hydrogens is 254 g/mol. The summed E-state index contributed by atoms with van der Waals surface area (Å²) in [7, 11) is 0. The minimum Gasteiger partial charge on any atom is -0.481 e. The number of aliphatic carboxylic acids is 1. The van der Waals surface area contributed by atoms with Crippen LogP contribution in [-0.2, 0) is 17.8 Å². The van der Waals surface area contributed by atoms with Crippen molar-refractivity contribution in [1.82, 2.24) is 4.90 Å². The van der Waals surface area contributed by atoms with Gasteiger partial charge in [-0.1, -0.05) is 24.3 Å². The minimum atomic E-state index is -0.783. The number of hydrogen-bond donors (Lipinski definition) is 2. The molecule has 0 aliphatic carbocycles. The first-order valence-electron chi connectivity index (χ1n) is 7.31. The second kappa shape index (κ2) is 7.41. The molecule has 1 aliphatic heterocycles. The number of hydrogen-bond acceptors (Lipinski definition) is 3. The molecule has 1 saturated heterocycles. The molecule has 4 nitrogen and oxygen atoms in total. The van der Waals surface area contributed by atoms with Gasteiger partial charge in [-0.2, -0.15) is 0 Å². The summed E-state index contributed by atoms with van der Waals surface area (Å²) in [6, 6.07) is 7.79. The number of rotatable bonds is 6. The van der Waals surface area contributed by atoms with Gasteiger partial charge in [-0.05, 0) is 42.9 Å². The number of piperidine rings is 1. The Labute approximate surface area is 120 Å². The minimum absolute atomic E-state index is 0.0874. The van der Waals surface area contributed by atoms with E-state index in [-0.39, 0.29) is 13.0 Å². The monoisotopic (exact) mass is 277 g/mol. The van der Waals surface area contributed by atoms with Crippen LogP contribution < -0.4 is 0 Å². The fourth-order valence-corrected chi connectivity index (χ4v) is 3.00. The number of likely N-dealkylation sites (tertiary alicyclic amines) is 1. The van der Waals surface area contributed by atoms with E-state index in [0.29, 0.717) is 5.92 Å². The van der Waals surface area contributed by atoms with Crippen LogP contribution in [0.3, 0.4) is 0 Å². The van der Waals surface area contributed by atoms with Gasteiger partial charge in [-0.15, -0.1) is 0 Å². The van der Waals surface area contributed by atoms with Gasteiger partial charge >= 0.3 is 5.97 Å². The third kappa shape index (κ3) is 4.32. The number of aliphatic hydroxyl groups is 1. The molecule has 0 spiro atoms. The number of carboxylic acids is 1. The largest absolute Gasteiger partial charge is 0.481 e. The van der Waals surface area contributed by atoms with Crippen LogP contribution in [0.1, 0.15) is 30.4 Å². The summed E-state index contributed by atoms with van der Waals surface area (Å²) in [4.78, 5) is 13.3. The number of nitrogens with zero attached hydrogens (tertiary/aromatic N) is 1. The number of carbonyl (C=O) groups is 1.